The summed E-state index contributed by atoms with van der Waals surface area (Å²) in [5, 5.41) is 2.40. The van der Waals surface area contributed by atoms with E-state index in [-0.39, 0.29) is 12.2 Å². The zero-order valence-corrected chi connectivity index (χ0v) is 15.1. The van der Waals surface area contributed by atoms with Crippen LogP contribution in [-0.4, -0.2) is 43.5 Å². The van der Waals surface area contributed by atoms with Crippen LogP contribution >= 0.6 is 0 Å². The fourth-order valence-corrected chi connectivity index (χ4v) is 3.22. The maximum absolute atomic E-state index is 13.0. The molecule has 1 N–H and O–H groups in total. The van der Waals surface area contributed by atoms with Crippen molar-refractivity contribution in [1.29, 1.82) is 0 Å². The SMILES string of the molecule is Cc1cccc(N2CCN(CC(=O)Nc3ccccc3C(F)(F)F)CC2)c1. The molecule has 1 aliphatic rings. The topological polar surface area (TPSA) is 35.6 Å². The van der Waals surface area contributed by atoms with Gasteiger partial charge in [0.05, 0.1) is 17.8 Å². The van der Waals surface area contributed by atoms with Gasteiger partial charge < -0.3 is 10.2 Å². The van der Waals surface area contributed by atoms with Crippen LogP contribution in [-0.2, 0) is 11.0 Å². The Bertz CT molecular complexity index is 799. The predicted octanol–water partition coefficient (Wildman–Crippen LogP) is 3.77. The molecular weight excluding hydrogens is 355 g/mol. The van der Waals surface area contributed by atoms with Gasteiger partial charge in [0.1, 0.15) is 0 Å². The van der Waals surface area contributed by atoms with Crippen LogP contribution in [0, 0.1) is 6.92 Å². The van der Waals surface area contributed by atoms with Gasteiger partial charge in [0.2, 0.25) is 5.91 Å². The second kappa shape index (κ2) is 8.00. The third-order valence-corrected chi connectivity index (χ3v) is 4.61. The number of benzene rings is 2. The van der Waals surface area contributed by atoms with E-state index in [1.165, 1.54) is 23.8 Å². The summed E-state index contributed by atoms with van der Waals surface area (Å²) in [6, 6.07) is 13.3. The summed E-state index contributed by atoms with van der Waals surface area (Å²) in [5.41, 5.74) is 1.31. The molecule has 0 aliphatic carbocycles. The Morgan fingerprint density at radius 1 is 1.04 bits per heavy atom. The molecule has 2 aromatic rings. The molecule has 3 rings (SSSR count). The molecule has 1 aliphatic heterocycles. The van der Waals surface area contributed by atoms with E-state index in [0.717, 1.165) is 24.8 Å². The molecule has 0 radical (unpaired) electrons. The zero-order chi connectivity index (χ0) is 19.4. The number of nitrogens with one attached hydrogen (secondary N) is 1. The summed E-state index contributed by atoms with van der Waals surface area (Å²) in [5.74, 6) is -0.435. The van der Waals surface area contributed by atoms with Crippen LogP contribution in [0.1, 0.15) is 11.1 Å². The van der Waals surface area contributed by atoms with Crippen LogP contribution in [0.5, 0.6) is 0 Å². The number of alkyl halides is 3. The van der Waals surface area contributed by atoms with Gasteiger partial charge in [-0.15, -0.1) is 0 Å². The summed E-state index contributed by atoms with van der Waals surface area (Å²) >= 11 is 0. The van der Waals surface area contributed by atoms with Gasteiger partial charge in [-0.05, 0) is 36.8 Å². The van der Waals surface area contributed by atoms with Crippen LogP contribution < -0.4 is 10.2 Å². The maximum Gasteiger partial charge on any atom is 0.418 e. The number of hydrogen-bond donors (Lipinski definition) is 1. The summed E-state index contributed by atoms with van der Waals surface area (Å²) in [6.07, 6.45) is -4.50. The molecule has 144 valence electrons. The number of rotatable bonds is 4. The molecule has 0 spiro atoms. The molecular formula is C20H22F3N3O. The zero-order valence-electron chi connectivity index (χ0n) is 15.1. The number of carbonyl (C=O) groups is 1. The van der Waals surface area contributed by atoms with E-state index in [9.17, 15) is 18.0 Å². The van der Waals surface area contributed by atoms with Crippen molar-refractivity contribution in [3.63, 3.8) is 0 Å². The summed E-state index contributed by atoms with van der Waals surface area (Å²) in [6.45, 7) is 5.03. The number of nitrogens with zero attached hydrogens (tertiary/aromatic N) is 2. The van der Waals surface area contributed by atoms with Crippen LogP contribution in [0.15, 0.2) is 48.5 Å². The molecule has 7 heteroatoms. The standard InChI is InChI=1S/C20H22F3N3O/c1-15-5-4-6-16(13-15)26-11-9-25(10-12-26)14-19(27)24-18-8-3-2-7-17(18)20(21,22)23/h2-8,13H,9-12,14H2,1H3,(H,24,27). The van der Waals surface area contributed by atoms with E-state index in [1.807, 2.05) is 24.0 Å². The van der Waals surface area contributed by atoms with Crippen LogP contribution in [0.25, 0.3) is 0 Å². The highest BCUT2D eigenvalue weighted by Crippen LogP contribution is 2.34. The minimum atomic E-state index is -4.50. The number of carbonyl (C=O) groups excluding carboxylic acids is 1. The highest BCUT2D eigenvalue weighted by Gasteiger charge is 2.33. The van der Waals surface area contributed by atoms with Gasteiger partial charge in [-0.3, -0.25) is 9.69 Å². The molecule has 1 heterocycles. The third kappa shape index (κ3) is 5.01. The number of aryl methyl sites for hydroxylation is 1. The highest BCUT2D eigenvalue weighted by atomic mass is 19.4. The Morgan fingerprint density at radius 2 is 1.74 bits per heavy atom. The first-order chi connectivity index (χ1) is 12.8. The molecule has 0 bridgehead atoms. The average molecular weight is 377 g/mol. The molecule has 0 aromatic heterocycles. The average Bonchev–Trinajstić information content (AvgIpc) is 2.62. The van der Waals surface area contributed by atoms with Crippen molar-refractivity contribution >= 4 is 17.3 Å². The van der Waals surface area contributed by atoms with Crippen molar-refractivity contribution in [2.45, 2.75) is 13.1 Å². The number of para-hydroxylation sites is 1. The lowest BCUT2D eigenvalue weighted by Crippen LogP contribution is -2.48. The van der Waals surface area contributed by atoms with Crippen molar-refractivity contribution < 1.29 is 18.0 Å². The third-order valence-electron chi connectivity index (χ3n) is 4.61. The summed E-state index contributed by atoms with van der Waals surface area (Å²) in [4.78, 5) is 16.4. The smallest absolute Gasteiger partial charge is 0.369 e. The molecule has 0 atom stereocenters. The minimum absolute atomic E-state index is 0.0772. The van der Waals surface area contributed by atoms with Crippen molar-refractivity contribution in [2.75, 3.05) is 42.9 Å². The normalized spacial score (nSPS) is 15.6. The lowest BCUT2D eigenvalue weighted by molar-refractivity contribution is -0.137. The first-order valence-corrected chi connectivity index (χ1v) is 8.83. The number of hydrogen-bond acceptors (Lipinski definition) is 3. The van der Waals surface area contributed by atoms with E-state index >= 15 is 0 Å². The lowest BCUT2D eigenvalue weighted by Gasteiger charge is -2.35. The van der Waals surface area contributed by atoms with Crippen LogP contribution in [0.2, 0.25) is 0 Å². The highest BCUT2D eigenvalue weighted by molar-refractivity contribution is 5.93. The van der Waals surface area contributed by atoms with Crippen LogP contribution in [0.3, 0.4) is 0 Å². The monoisotopic (exact) mass is 377 g/mol. The van der Waals surface area contributed by atoms with Crippen molar-refractivity contribution in [2.24, 2.45) is 0 Å². The van der Waals surface area contributed by atoms with Gasteiger partial charge in [-0.1, -0.05) is 24.3 Å². The summed E-state index contributed by atoms with van der Waals surface area (Å²) < 4.78 is 39.1. The fraction of sp³-hybridized carbons (Fsp3) is 0.350. The second-order valence-electron chi connectivity index (χ2n) is 6.69. The van der Waals surface area contributed by atoms with Gasteiger partial charge in [0.15, 0.2) is 0 Å². The Morgan fingerprint density at radius 3 is 2.41 bits per heavy atom. The van der Waals surface area contributed by atoms with Crippen molar-refractivity contribution in [3.8, 4) is 0 Å². The molecule has 1 fully saturated rings. The van der Waals surface area contributed by atoms with Crippen molar-refractivity contribution in [1.82, 2.24) is 4.90 Å². The van der Waals surface area contributed by atoms with Gasteiger partial charge in [0, 0.05) is 31.9 Å². The minimum Gasteiger partial charge on any atom is -0.369 e. The first-order valence-electron chi connectivity index (χ1n) is 8.83. The van der Waals surface area contributed by atoms with Gasteiger partial charge in [-0.25, -0.2) is 0 Å². The lowest BCUT2D eigenvalue weighted by atomic mass is 10.1. The van der Waals surface area contributed by atoms with E-state index < -0.39 is 17.6 Å². The fourth-order valence-electron chi connectivity index (χ4n) is 3.22. The second-order valence-corrected chi connectivity index (χ2v) is 6.69. The number of anilines is 2. The molecule has 1 saturated heterocycles. The maximum atomic E-state index is 13.0. The summed E-state index contributed by atoms with van der Waals surface area (Å²) in [7, 11) is 0. The van der Waals surface area contributed by atoms with E-state index in [1.54, 1.807) is 0 Å². The number of amides is 1. The Balaban J connectivity index is 1.55. The Labute approximate surface area is 156 Å². The molecule has 1 amide bonds. The molecule has 27 heavy (non-hydrogen) atoms. The molecule has 0 unspecified atom stereocenters. The van der Waals surface area contributed by atoms with E-state index in [2.05, 4.69) is 22.3 Å². The van der Waals surface area contributed by atoms with Crippen molar-refractivity contribution in [3.05, 3.63) is 59.7 Å². The molecule has 0 saturated carbocycles. The molecule has 4 nitrogen and oxygen atoms in total. The van der Waals surface area contributed by atoms with Crippen LogP contribution in [0.4, 0.5) is 24.5 Å². The van der Waals surface area contributed by atoms with Gasteiger partial charge >= 0.3 is 6.18 Å². The predicted molar refractivity (Wildman–Crippen MR) is 99.9 cm³/mol. The number of piperazine rings is 1. The largest absolute Gasteiger partial charge is 0.418 e. The Hall–Kier alpha value is -2.54. The first kappa shape index (κ1) is 19.2. The van der Waals surface area contributed by atoms with Gasteiger partial charge in [-0.2, -0.15) is 13.2 Å². The Kier molecular flexibility index (Phi) is 5.70. The van der Waals surface area contributed by atoms with Gasteiger partial charge in [0.25, 0.3) is 0 Å². The molecule has 2 aromatic carbocycles. The quantitative estimate of drug-likeness (QED) is 0.881. The number of halogens is 3. The van der Waals surface area contributed by atoms with E-state index in [4.69, 9.17) is 0 Å². The van der Waals surface area contributed by atoms with E-state index in [0.29, 0.717) is 13.1 Å².